The van der Waals surface area contributed by atoms with Crippen molar-refractivity contribution in [3.8, 4) is 0 Å². The average molecular weight is 292 g/mol. The molecular weight excluding hydrogens is 283 g/mol. The third kappa shape index (κ3) is 1.69. The SMILES string of the molecule is O=C1NC(=O)C(F)(N2C(=O)c3ccccc3C2=O)CC1O. The highest BCUT2D eigenvalue weighted by molar-refractivity contribution is 6.24. The molecule has 0 aromatic heterocycles. The molecule has 1 aromatic carbocycles. The Hall–Kier alpha value is -2.61. The number of aliphatic hydroxyl groups is 1. The fourth-order valence-corrected chi connectivity index (χ4v) is 2.44. The number of fused-ring (bicyclic) bond motifs is 1. The second-order valence-electron chi connectivity index (χ2n) is 4.79. The van der Waals surface area contributed by atoms with Gasteiger partial charge in [0.1, 0.15) is 6.10 Å². The normalized spacial score (nSPS) is 28.7. The van der Waals surface area contributed by atoms with Crippen molar-refractivity contribution >= 4 is 23.6 Å². The number of carbonyl (C=O) groups is 4. The molecule has 1 fully saturated rings. The lowest BCUT2D eigenvalue weighted by atomic mass is 9.99. The fourth-order valence-electron chi connectivity index (χ4n) is 2.44. The van der Waals surface area contributed by atoms with Crippen molar-refractivity contribution in [2.24, 2.45) is 0 Å². The van der Waals surface area contributed by atoms with Gasteiger partial charge in [-0.15, -0.1) is 0 Å². The van der Waals surface area contributed by atoms with Gasteiger partial charge in [-0.3, -0.25) is 24.5 Å². The zero-order valence-corrected chi connectivity index (χ0v) is 10.5. The Labute approximate surface area is 117 Å². The maximum absolute atomic E-state index is 14.9. The summed E-state index contributed by atoms with van der Waals surface area (Å²) in [6, 6.07) is 5.66. The van der Waals surface area contributed by atoms with E-state index in [0.717, 1.165) is 0 Å². The largest absolute Gasteiger partial charge is 0.383 e. The lowest BCUT2D eigenvalue weighted by Crippen LogP contribution is -2.65. The number of amides is 4. The average Bonchev–Trinajstić information content (AvgIpc) is 2.70. The van der Waals surface area contributed by atoms with E-state index in [0.29, 0.717) is 0 Å². The van der Waals surface area contributed by atoms with Gasteiger partial charge in [0.05, 0.1) is 11.1 Å². The van der Waals surface area contributed by atoms with E-state index in [1.807, 2.05) is 0 Å². The van der Waals surface area contributed by atoms with E-state index in [1.54, 1.807) is 5.32 Å². The smallest absolute Gasteiger partial charge is 0.286 e. The van der Waals surface area contributed by atoms with Crippen molar-refractivity contribution in [2.45, 2.75) is 18.3 Å². The number of aliphatic hydroxyl groups excluding tert-OH is 1. The van der Waals surface area contributed by atoms with Gasteiger partial charge in [-0.2, -0.15) is 0 Å². The molecule has 0 radical (unpaired) electrons. The van der Waals surface area contributed by atoms with E-state index in [-0.39, 0.29) is 16.0 Å². The van der Waals surface area contributed by atoms with Crippen LogP contribution in [0.15, 0.2) is 24.3 Å². The minimum atomic E-state index is -3.10. The van der Waals surface area contributed by atoms with Crippen LogP contribution in [-0.2, 0) is 9.59 Å². The molecule has 2 aliphatic rings. The van der Waals surface area contributed by atoms with E-state index in [2.05, 4.69) is 0 Å². The maximum Gasteiger partial charge on any atom is 0.286 e. The zero-order valence-electron chi connectivity index (χ0n) is 10.5. The van der Waals surface area contributed by atoms with E-state index in [4.69, 9.17) is 0 Å². The maximum atomic E-state index is 14.9. The first-order valence-electron chi connectivity index (χ1n) is 6.06. The molecule has 0 saturated carbocycles. The number of rotatable bonds is 1. The second kappa shape index (κ2) is 4.19. The van der Waals surface area contributed by atoms with E-state index >= 15 is 0 Å². The highest BCUT2D eigenvalue weighted by Gasteiger charge is 2.58. The summed E-state index contributed by atoms with van der Waals surface area (Å²) < 4.78 is 14.9. The lowest BCUT2D eigenvalue weighted by Gasteiger charge is -2.35. The lowest BCUT2D eigenvalue weighted by molar-refractivity contribution is -0.160. The number of hydrogen-bond donors (Lipinski definition) is 2. The first kappa shape index (κ1) is 13.4. The summed E-state index contributed by atoms with van der Waals surface area (Å²) >= 11 is 0. The predicted molar refractivity (Wildman–Crippen MR) is 64.6 cm³/mol. The molecule has 0 bridgehead atoms. The summed E-state index contributed by atoms with van der Waals surface area (Å²) in [4.78, 5) is 47.4. The molecule has 3 rings (SSSR count). The number of benzene rings is 1. The predicted octanol–water partition coefficient (Wildman–Crippen LogP) is -0.644. The molecule has 4 amide bonds. The topological polar surface area (TPSA) is 104 Å². The Morgan fingerprint density at radius 2 is 1.67 bits per heavy atom. The molecule has 2 unspecified atom stereocenters. The van der Waals surface area contributed by atoms with Crippen LogP contribution in [0.5, 0.6) is 0 Å². The number of alkyl halides is 1. The standard InChI is InChI=1S/C13H9FN2O5/c14-13(5-8(17)9(18)15-12(13)21)16-10(19)6-3-1-2-4-7(6)11(16)20/h1-4,8,17H,5H2,(H,15,18,21). The van der Waals surface area contributed by atoms with Crippen molar-refractivity contribution in [3.63, 3.8) is 0 Å². The van der Waals surface area contributed by atoms with Crippen LogP contribution in [0.25, 0.3) is 0 Å². The third-order valence-corrected chi connectivity index (χ3v) is 3.50. The monoisotopic (exact) mass is 292 g/mol. The van der Waals surface area contributed by atoms with Crippen molar-refractivity contribution < 1.29 is 28.7 Å². The third-order valence-electron chi connectivity index (χ3n) is 3.50. The van der Waals surface area contributed by atoms with Crippen LogP contribution in [0.1, 0.15) is 27.1 Å². The Balaban J connectivity index is 2.06. The van der Waals surface area contributed by atoms with Crippen molar-refractivity contribution in [1.29, 1.82) is 0 Å². The minimum absolute atomic E-state index is 0.0290. The first-order valence-corrected chi connectivity index (χ1v) is 6.06. The molecule has 7 nitrogen and oxygen atoms in total. The number of hydrogen-bond acceptors (Lipinski definition) is 5. The van der Waals surface area contributed by atoms with Crippen molar-refractivity contribution in [3.05, 3.63) is 35.4 Å². The molecule has 2 atom stereocenters. The molecule has 1 saturated heterocycles. The minimum Gasteiger partial charge on any atom is -0.383 e. The van der Waals surface area contributed by atoms with Crippen LogP contribution in [0.2, 0.25) is 0 Å². The second-order valence-corrected chi connectivity index (χ2v) is 4.79. The highest BCUT2D eigenvalue weighted by atomic mass is 19.1. The molecule has 2 N–H and O–H groups in total. The number of piperidine rings is 1. The number of carbonyl (C=O) groups excluding carboxylic acids is 4. The summed E-state index contributed by atoms with van der Waals surface area (Å²) in [5.74, 6) is -7.55. The van der Waals surface area contributed by atoms with E-state index < -0.39 is 41.9 Å². The Bertz CT molecular complexity index is 669. The molecule has 0 aliphatic carbocycles. The van der Waals surface area contributed by atoms with Gasteiger partial charge in [-0.25, -0.2) is 9.29 Å². The van der Waals surface area contributed by atoms with Crippen LogP contribution in [0.3, 0.4) is 0 Å². The number of imide groups is 2. The summed E-state index contributed by atoms with van der Waals surface area (Å²) in [5.41, 5.74) is -0.0579. The number of nitrogens with zero attached hydrogens (tertiary/aromatic N) is 1. The van der Waals surface area contributed by atoms with Gasteiger partial charge in [0, 0.05) is 6.42 Å². The van der Waals surface area contributed by atoms with Gasteiger partial charge in [-0.05, 0) is 12.1 Å². The summed E-state index contributed by atoms with van der Waals surface area (Å²) in [6.07, 6.45) is -2.81. The van der Waals surface area contributed by atoms with Gasteiger partial charge >= 0.3 is 0 Å². The Morgan fingerprint density at radius 1 is 1.14 bits per heavy atom. The van der Waals surface area contributed by atoms with Crippen molar-refractivity contribution in [2.75, 3.05) is 0 Å². The first-order chi connectivity index (χ1) is 9.86. The van der Waals surface area contributed by atoms with Gasteiger partial charge < -0.3 is 5.11 Å². The summed E-state index contributed by atoms with van der Waals surface area (Å²) in [5, 5.41) is 11.0. The molecule has 1 aromatic rings. The van der Waals surface area contributed by atoms with Crippen LogP contribution >= 0.6 is 0 Å². The van der Waals surface area contributed by atoms with E-state index in [9.17, 15) is 28.7 Å². The van der Waals surface area contributed by atoms with Gasteiger partial charge in [0.2, 0.25) is 0 Å². The number of nitrogens with one attached hydrogen (secondary N) is 1. The molecule has 108 valence electrons. The van der Waals surface area contributed by atoms with Gasteiger partial charge in [-0.1, -0.05) is 12.1 Å². The van der Waals surface area contributed by atoms with Crippen molar-refractivity contribution in [1.82, 2.24) is 10.2 Å². The molecule has 2 aliphatic heterocycles. The molecule has 2 heterocycles. The van der Waals surface area contributed by atoms with Crippen LogP contribution in [0.4, 0.5) is 4.39 Å². The van der Waals surface area contributed by atoms with Gasteiger partial charge in [0.25, 0.3) is 29.4 Å². The van der Waals surface area contributed by atoms with Gasteiger partial charge in [0.15, 0.2) is 0 Å². The molecule has 8 heteroatoms. The molecular formula is C13H9FN2O5. The molecule has 21 heavy (non-hydrogen) atoms. The quantitative estimate of drug-likeness (QED) is 0.529. The highest BCUT2D eigenvalue weighted by Crippen LogP contribution is 2.35. The summed E-state index contributed by atoms with van der Waals surface area (Å²) in [7, 11) is 0. The fraction of sp³-hybridized carbons (Fsp3) is 0.231. The molecule has 0 spiro atoms. The van der Waals surface area contributed by atoms with Crippen LogP contribution in [0, 0.1) is 0 Å². The van der Waals surface area contributed by atoms with E-state index in [1.165, 1.54) is 24.3 Å². The number of halogens is 1. The zero-order chi connectivity index (χ0) is 15.4. The summed E-state index contributed by atoms with van der Waals surface area (Å²) in [6.45, 7) is 0. The Kier molecular flexibility index (Phi) is 2.67. The Morgan fingerprint density at radius 3 is 2.19 bits per heavy atom. The van der Waals surface area contributed by atoms with Crippen LogP contribution in [-0.4, -0.2) is 45.5 Å². The van der Waals surface area contributed by atoms with Crippen LogP contribution < -0.4 is 5.32 Å².